The van der Waals surface area contributed by atoms with Crippen molar-refractivity contribution in [1.29, 1.82) is 0 Å². The Labute approximate surface area is 161 Å². The number of aryl methyl sites for hydroxylation is 1. The predicted octanol–water partition coefficient (Wildman–Crippen LogP) is 1.60. The van der Waals surface area contributed by atoms with E-state index in [1.165, 1.54) is 6.20 Å². The van der Waals surface area contributed by atoms with Gasteiger partial charge in [0.2, 0.25) is 5.88 Å². The number of pyridine rings is 1. The van der Waals surface area contributed by atoms with Crippen LogP contribution in [0.25, 0.3) is 10.9 Å². The summed E-state index contributed by atoms with van der Waals surface area (Å²) in [5, 5.41) is 8.07. The number of nitrogens with two attached hydrogens (primary N) is 1. The maximum absolute atomic E-state index is 12.4. The maximum atomic E-state index is 12.4. The van der Waals surface area contributed by atoms with Gasteiger partial charge in [-0.2, -0.15) is 0 Å². The number of nitrogen functional groups attached to an aromatic ring is 1. The molecule has 0 spiro atoms. The molecule has 0 radical (unpaired) electrons. The second-order valence-corrected chi connectivity index (χ2v) is 6.43. The van der Waals surface area contributed by atoms with Gasteiger partial charge in [-0.15, -0.1) is 5.10 Å². The number of anilines is 2. The number of amides is 1. The molecular formula is C19H21N5O4. The minimum Gasteiger partial charge on any atom is -0.473 e. The molecule has 1 unspecified atom stereocenters. The lowest BCUT2D eigenvalue weighted by Crippen LogP contribution is -2.33. The molecule has 1 aliphatic rings. The average molecular weight is 383 g/mol. The number of aromatic nitrogens is 3. The summed E-state index contributed by atoms with van der Waals surface area (Å²) in [6.07, 6.45) is 1.42. The van der Waals surface area contributed by atoms with Gasteiger partial charge in [0.15, 0.2) is 5.69 Å². The van der Waals surface area contributed by atoms with Crippen molar-refractivity contribution in [3.05, 3.63) is 42.2 Å². The third-order valence-electron chi connectivity index (χ3n) is 4.42. The van der Waals surface area contributed by atoms with E-state index in [1.807, 2.05) is 19.2 Å². The van der Waals surface area contributed by atoms with Crippen LogP contribution in [0.5, 0.6) is 5.88 Å². The van der Waals surface area contributed by atoms with Crippen molar-refractivity contribution in [3.63, 3.8) is 0 Å². The monoisotopic (exact) mass is 383 g/mol. The number of fused-ring (bicyclic) bond motifs is 1. The molecule has 2 aromatic heterocycles. The zero-order valence-electron chi connectivity index (χ0n) is 15.4. The fourth-order valence-electron chi connectivity index (χ4n) is 3.01. The summed E-state index contributed by atoms with van der Waals surface area (Å²) in [4.78, 5) is 16.4. The minimum absolute atomic E-state index is 0.104. The van der Waals surface area contributed by atoms with E-state index in [4.69, 9.17) is 19.9 Å². The largest absolute Gasteiger partial charge is 0.473 e. The second-order valence-electron chi connectivity index (χ2n) is 6.43. The van der Waals surface area contributed by atoms with Crippen LogP contribution < -0.4 is 15.8 Å². The number of nitrogens with one attached hydrogen (secondary N) is 1. The first-order valence-electron chi connectivity index (χ1n) is 8.92. The molecule has 4 rings (SSSR count). The van der Waals surface area contributed by atoms with Crippen molar-refractivity contribution >= 4 is 28.2 Å². The lowest BCUT2D eigenvalue weighted by Gasteiger charge is -2.22. The standard InChI is InChI=1S/C19H21N5O4/c1-24-16-9-12(22-18(25)17-15(20)3-2-6-21-17)4-5-14(16)19(23-24)28-11-13-10-26-7-8-27-13/h2-6,9,13H,7-8,10-11,20H2,1H3,(H,22,25). The summed E-state index contributed by atoms with van der Waals surface area (Å²) < 4.78 is 18.5. The first-order valence-corrected chi connectivity index (χ1v) is 8.92. The summed E-state index contributed by atoms with van der Waals surface area (Å²) in [5.74, 6) is 0.143. The van der Waals surface area contributed by atoms with E-state index in [9.17, 15) is 4.79 Å². The van der Waals surface area contributed by atoms with Gasteiger partial charge in [0, 0.05) is 18.9 Å². The third-order valence-corrected chi connectivity index (χ3v) is 4.42. The van der Waals surface area contributed by atoms with Gasteiger partial charge in [-0.25, -0.2) is 4.98 Å². The zero-order chi connectivity index (χ0) is 19.5. The molecule has 3 heterocycles. The van der Waals surface area contributed by atoms with Crippen molar-refractivity contribution in [2.45, 2.75) is 6.10 Å². The zero-order valence-corrected chi connectivity index (χ0v) is 15.4. The molecule has 3 N–H and O–H groups in total. The fourth-order valence-corrected chi connectivity index (χ4v) is 3.01. The number of ether oxygens (including phenoxy) is 3. The molecule has 9 nitrogen and oxygen atoms in total. The summed E-state index contributed by atoms with van der Waals surface area (Å²) in [7, 11) is 1.82. The van der Waals surface area contributed by atoms with Crippen LogP contribution in [-0.4, -0.2) is 53.2 Å². The van der Waals surface area contributed by atoms with Crippen molar-refractivity contribution in [2.75, 3.05) is 37.5 Å². The Morgan fingerprint density at radius 1 is 1.39 bits per heavy atom. The Morgan fingerprint density at radius 2 is 2.29 bits per heavy atom. The van der Waals surface area contributed by atoms with E-state index >= 15 is 0 Å². The number of nitrogens with zero attached hydrogens (tertiary/aromatic N) is 3. The number of carbonyl (C=O) groups excluding carboxylic acids is 1. The van der Waals surface area contributed by atoms with Crippen LogP contribution in [0.1, 0.15) is 10.5 Å². The van der Waals surface area contributed by atoms with Crippen LogP contribution >= 0.6 is 0 Å². The summed E-state index contributed by atoms with van der Waals surface area (Å²) in [6, 6.07) is 8.78. The number of rotatable bonds is 5. The summed E-state index contributed by atoms with van der Waals surface area (Å²) >= 11 is 0. The highest BCUT2D eigenvalue weighted by atomic mass is 16.6. The van der Waals surface area contributed by atoms with Gasteiger partial charge in [0.1, 0.15) is 12.7 Å². The Kier molecular flexibility index (Phi) is 5.09. The van der Waals surface area contributed by atoms with E-state index in [0.717, 1.165) is 10.9 Å². The highest BCUT2D eigenvalue weighted by Crippen LogP contribution is 2.27. The first-order chi connectivity index (χ1) is 13.6. The molecule has 1 saturated heterocycles. The molecule has 1 aliphatic heterocycles. The molecule has 1 amide bonds. The summed E-state index contributed by atoms with van der Waals surface area (Å²) in [6.45, 7) is 2.06. The van der Waals surface area contributed by atoms with E-state index in [-0.39, 0.29) is 17.7 Å². The molecule has 146 valence electrons. The Balaban J connectivity index is 1.50. The normalized spacial score (nSPS) is 16.8. The SMILES string of the molecule is Cn1nc(OCC2COCCO2)c2ccc(NC(=O)c3ncccc3N)cc21. The van der Waals surface area contributed by atoms with Crippen LogP contribution in [0.4, 0.5) is 11.4 Å². The van der Waals surface area contributed by atoms with E-state index in [0.29, 0.717) is 43.7 Å². The van der Waals surface area contributed by atoms with Crippen LogP contribution in [0.15, 0.2) is 36.5 Å². The molecule has 9 heteroatoms. The quantitative estimate of drug-likeness (QED) is 0.688. The minimum atomic E-state index is -0.370. The number of hydrogen-bond acceptors (Lipinski definition) is 7. The van der Waals surface area contributed by atoms with Gasteiger partial charge < -0.3 is 25.3 Å². The fraction of sp³-hybridized carbons (Fsp3) is 0.316. The third kappa shape index (κ3) is 3.75. The van der Waals surface area contributed by atoms with Gasteiger partial charge in [-0.3, -0.25) is 9.48 Å². The van der Waals surface area contributed by atoms with Crippen molar-refractivity contribution in [1.82, 2.24) is 14.8 Å². The predicted molar refractivity (Wildman–Crippen MR) is 103 cm³/mol. The number of benzene rings is 1. The van der Waals surface area contributed by atoms with Crippen LogP contribution in [0.3, 0.4) is 0 Å². The number of hydrogen-bond donors (Lipinski definition) is 2. The molecule has 1 fully saturated rings. The lowest BCUT2D eigenvalue weighted by molar-refractivity contribution is -0.101. The highest BCUT2D eigenvalue weighted by Gasteiger charge is 2.18. The van der Waals surface area contributed by atoms with Crippen molar-refractivity contribution in [2.24, 2.45) is 7.05 Å². The Hall–Kier alpha value is -3.17. The first kappa shape index (κ1) is 18.2. The van der Waals surface area contributed by atoms with Gasteiger partial charge >= 0.3 is 0 Å². The molecule has 0 bridgehead atoms. The van der Waals surface area contributed by atoms with E-state index in [2.05, 4.69) is 15.4 Å². The Morgan fingerprint density at radius 3 is 3.07 bits per heavy atom. The molecular weight excluding hydrogens is 362 g/mol. The van der Waals surface area contributed by atoms with Gasteiger partial charge in [-0.1, -0.05) is 0 Å². The molecule has 0 saturated carbocycles. The van der Waals surface area contributed by atoms with Crippen LogP contribution in [-0.2, 0) is 16.5 Å². The topological polar surface area (TPSA) is 114 Å². The summed E-state index contributed by atoms with van der Waals surface area (Å²) in [5.41, 5.74) is 7.76. The van der Waals surface area contributed by atoms with Gasteiger partial charge in [0.25, 0.3) is 5.91 Å². The van der Waals surface area contributed by atoms with E-state index < -0.39 is 0 Å². The molecule has 1 aromatic carbocycles. The van der Waals surface area contributed by atoms with E-state index in [1.54, 1.807) is 22.9 Å². The highest BCUT2D eigenvalue weighted by molar-refractivity contribution is 6.06. The molecule has 1 atom stereocenters. The maximum Gasteiger partial charge on any atom is 0.276 e. The van der Waals surface area contributed by atoms with Gasteiger partial charge in [0.05, 0.1) is 36.4 Å². The lowest BCUT2D eigenvalue weighted by atomic mass is 10.2. The van der Waals surface area contributed by atoms with Crippen LogP contribution in [0, 0.1) is 0 Å². The number of carbonyl (C=O) groups is 1. The van der Waals surface area contributed by atoms with Crippen LogP contribution in [0.2, 0.25) is 0 Å². The average Bonchev–Trinajstić information content (AvgIpc) is 3.03. The molecule has 0 aliphatic carbocycles. The Bertz CT molecular complexity index is 997. The molecule has 3 aromatic rings. The van der Waals surface area contributed by atoms with Crippen molar-refractivity contribution in [3.8, 4) is 5.88 Å². The van der Waals surface area contributed by atoms with Gasteiger partial charge in [-0.05, 0) is 30.3 Å². The second kappa shape index (κ2) is 7.83. The van der Waals surface area contributed by atoms with Crippen molar-refractivity contribution < 1.29 is 19.0 Å². The smallest absolute Gasteiger partial charge is 0.276 e. The molecule has 28 heavy (non-hydrogen) atoms.